The van der Waals surface area contributed by atoms with E-state index in [1.807, 2.05) is 24.3 Å². The molecule has 1 N–H and O–H groups in total. The molecule has 1 fully saturated rings. The van der Waals surface area contributed by atoms with Crippen LogP contribution < -0.4 is 10.9 Å². The minimum Gasteiger partial charge on any atom is -0.326 e. The first-order valence-electron chi connectivity index (χ1n) is 12.9. The molecule has 0 spiro atoms. The number of anilines is 1. The fourth-order valence-electron chi connectivity index (χ4n) is 5.27. The number of benzene rings is 3. The van der Waals surface area contributed by atoms with Crippen molar-refractivity contribution in [3.8, 4) is 11.3 Å². The maximum absolute atomic E-state index is 14.8. The van der Waals surface area contributed by atoms with Crippen molar-refractivity contribution in [2.75, 3.05) is 25.0 Å². The van der Waals surface area contributed by atoms with Crippen LogP contribution >= 0.6 is 11.6 Å². The van der Waals surface area contributed by atoms with E-state index >= 15 is 0 Å². The van der Waals surface area contributed by atoms with Crippen molar-refractivity contribution in [3.05, 3.63) is 93.5 Å². The zero-order chi connectivity index (χ0) is 26.6. The average Bonchev–Trinajstić information content (AvgIpc) is 2.91. The summed E-state index contributed by atoms with van der Waals surface area (Å²) in [4.78, 5) is 27.0. The third-order valence-corrected chi connectivity index (χ3v) is 7.40. The third kappa shape index (κ3) is 5.79. The summed E-state index contributed by atoms with van der Waals surface area (Å²) in [5.41, 5.74) is 2.69. The molecule has 1 aliphatic heterocycles. The van der Waals surface area contributed by atoms with Crippen LogP contribution in [-0.4, -0.2) is 40.2 Å². The predicted octanol–water partition coefficient (Wildman–Crippen LogP) is 6.08. The molecule has 5 rings (SSSR count). The molecule has 1 amide bonds. The molecule has 1 saturated heterocycles. The van der Waals surface area contributed by atoms with E-state index in [1.165, 1.54) is 23.2 Å². The molecule has 38 heavy (non-hydrogen) atoms. The van der Waals surface area contributed by atoms with Gasteiger partial charge in [0.25, 0.3) is 5.56 Å². The van der Waals surface area contributed by atoms with Crippen LogP contribution in [0.4, 0.5) is 10.1 Å². The highest BCUT2D eigenvalue weighted by molar-refractivity contribution is 6.30. The van der Waals surface area contributed by atoms with Crippen molar-refractivity contribution < 1.29 is 9.18 Å². The van der Waals surface area contributed by atoms with Crippen molar-refractivity contribution in [3.63, 3.8) is 0 Å². The molecule has 0 radical (unpaired) electrons. The van der Waals surface area contributed by atoms with Gasteiger partial charge in [0.2, 0.25) is 5.91 Å². The van der Waals surface area contributed by atoms with Crippen LogP contribution in [0.15, 0.2) is 71.5 Å². The van der Waals surface area contributed by atoms with Crippen LogP contribution in [-0.2, 0) is 11.3 Å². The first-order chi connectivity index (χ1) is 18.4. The van der Waals surface area contributed by atoms with E-state index in [9.17, 15) is 14.0 Å². The number of hydrogen-bond acceptors (Lipinski definition) is 4. The predicted molar refractivity (Wildman–Crippen MR) is 150 cm³/mol. The van der Waals surface area contributed by atoms with Gasteiger partial charge in [-0.3, -0.25) is 9.59 Å². The number of nitrogens with zero attached hydrogens (tertiary/aromatic N) is 3. The lowest BCUT2D eigenvalue weighted by Crippen LogP contribution is -2.34. The summed E-state index contributed by atoms with van der Waals surface area (Å²) in [7, 11) is 0. The summed E-state index contributed by atoms with van der Waals surface area (Å²) < 4.78 is 16.3. The number of carbonyl (C=O) groups is 1. The Hall–Kier alpha value is -3.55. The first kappa shape index (κ1) is 26.1. The van der Waals surface area contributed by atoms with Crippen LogP contribution in [0.25, 0.3) is 22.0 Å². The summed E-state index contributed by atoms with van der Waals surface area (Å²) in [5.74, 6) is -0.0743. The third-order valence-electron chi connectivity index (χ3n) is 7.16. The number of likely N-dealkylation sites (tertiary alicyclic amines) is 1. The Bertz CT molecular complexity index is 1530. The molecule has 8 heteroatoms. The molecule has 1 aromatic heterocycles. The second kappa shape index (κ2) is 11.5. The lowest BCUT2D eigenvalue weighted by molar-refractivity contribution is -0.114. The van der Waals surface area contributed by atoms with E-state index in [1.54, 1.807) is 24.3 Å². The normalized spacial score (nSPS) is 14.6. The van der Waals surface area contributed by atoms with Crippen LogP contribution in [0.2, 0.25) is 5.02 Å². The summed E-state index contributed by atoms with van der Waals surface area (Å²) in [6.45, 7) is 4.75. The van der Waals surface area contributed by atoms with Gasteiger partial charge in [0.05, 0.1) is 5.39 Å². The number of rotatable bonds is 7. The van der Waals surface area contributed by atoms with Gasteiger partial charge in [0.15, 0.2) is 0 Å². The number of hydrogen-bond donors (Lipinski definition) is 1. The monoisotopic (exact) mass is 532 g/mol. The molecule has 0 atom stereocenters. The van der Waals surface area contributed by atoms with Gasteiger partial charge in [-0.25, -0.2) is 9.07 Å². The number of piperidine rings is 1. The number of amides is 1. The summed E-state index contributed by atoms with van der Waals surface area (Å²) in [6.07, 6.45) is 2.84. The molecule has 196 valence electrons. The Balaban J connectivity index is 1.25. The maximum atomic E-state index is 14.8. The van der Waals surface area contributed by atoms with E-state index in [4.69, 9.17) is 11.6 Å². The smallest absolute Gasteiger partial charge is 0.274 e. The highest BCUT2D eigenvalue weighted by atomic mass is 35.5. The number of fused-ring (bicyclic) bond motifs is 1. The van der Waals surface area contributed by atoms with Crippen LogP contribution in [0.5, 0.6) is 0 Å². The van der Waals surface area contributed by atoms with E-state index in [0.717, 1.165) is 44.6 Å². The zero-order valence-electron chi connectivity index (χ0n) is 21.3. The lowest BCUT2D eigenvalue weighted by Gasteiger charge is -2.32. The minimum atomic E-state index is -0.467. The second-order valence-corrected chi connectivity index (χ2v) is 10.3. The Morgan fingerprint density at radius 3 is 2.53 bits per heavy atom. The van der Waals surface area contributed by atoms with E-state index in [-0.39, 0.29) is 11.5 Å². The first-order valence-corrected chi connectivity index (χ1v) is 13.3. The standard InChI is InChI=1S/C30H30ClFN4O2/c1-20(37)33-24-7-4-6-22(18-24)21-12-16-35(17-13-21)14-5-15-36-30(38)26-9-3-2-8-25(26)29(34-36)27-11-10-23(31)19-28(27)32/h2-4,6-11,18-19,21H,5,12-17H2,1H3,(H,33,37). The van der Waals surface area contributed by atoms with E-state index < -0.39 is 5.82 Å². The number of aryl methyl sites for hydroxylation is 1. The Morgan fingerprint density at radius 1 is 1.03 bits per heavy atom. The van der Waals surface area contributed by atoms with Crippen molar-refractivity contribution in [2.45, 2.75) is 38.6 Å². The maximum Gasteiger partial charge on any atom is 0.274 e. The van der Waals surface area contributed by atoms with Crippen LogP contribution in [0.1, 0.15) is 37.7 Å². The highest BCUT2D eigenvalue weighted by Crippen LogP contribution is 2.30. The summed E-state index contributed by atoms with van der Waals surface area (Å²) in [6, 6.07) is 19.8. The average molecular weight is 533 g/mol. The molecular formula is C30H30ClFN4O2. The molecule has 0 saturated carbocycles. The lowest BCUT2D eigenvalue weighted by atomic mass is 9.89. The zero-order valence-corrected chi connectivity index (χ0v) is 22.0. The minimum absolute atomic E-state index is 0.0672. The van der Waals surface area contributed by atoms with Gasteiger partial charge in [-0.1, -0.05) is 41.9 Å². The fraction of sp³-hybridized carbons (Fsp3) is 0.300. The quantitative estimate of drug-likeness (QED) is 0.313. The van der Waals surface area contributed by atoms with E-state index in [2.05, 4.69) is 27.4 Å². The van der Waals surface area contributed by atoms with Gasteiger partial charge in [0, 0.05) is 35.1 Å². The van der Waals surface area contributed by atoms with Crippen LogP contribution in [0, 0.1) is 5.82 Å². The topological polar surface area (TPSA) is 67.2 Å². The molecule has 4 aromatic rings. The van der Waals surface area contributed by atoms with Gasteiger partial charge >= 0.3 is 0 Å². The van der Waals surface area contributed by atoms with Crippen molar-refractivity contribution >= 4 is 34.0 Å². The van der Waals surface area contributed by atoms with Gasteiger partial charge in [0.1, 0.15) is 11.5 Å². The Morgan fingerprint density at radius 2 is 1.79 bits per heavy atom. The van der Waals surface area contributed by atoms with Crippen molar-refractivity contribution in [1.29, 1.82) is 0 Å². The van der Waals surface area contributed by atoms with Crippen molar-refractivity contribution in [2.24, 2.45) is 0 Å². The highest BCUT2D eigenvalue weighted by Gasteiger charge is 2.21. The fourth-order valence-corrected chi connectivity index (χ4v) is 5.43. The molecule has 3 aromatic carbocycles. The second-order valence-electron chi connectivity index (χ2n) is 9.82. The van der Waals surface area contributed by atoms with Crippen LogP contribution in [0.3, 0.4) is 0 Å². The summed E-state index contributed by atoms with van der Waals surface area (Å²) >= 11 is 5.95. The van der Waals surface area contributed by atoms with Gasteiger partial charge in [-0.05, 0) is 86.8 Å². The molecule has 6 nitrogen and oxygen atoms in total. The molecule has 2 heterocycles. The molecular weight excluding hydrogens is 503 g/mol. The molecule has 0 unspecified atom stereocenters. The molecule has 0 bridgehead atoms. The van der Waals surface area contributed by atoms with Gasteiger partial charge < -0.3 is 10.2 Å². The van der Waals surface area contributed by atoms with Gasteiger partial charge in [-0.15, -0.1) is 0 Å². The van der Waals surface area contributed by atoms with E-state index in [0.29, 0.717) is 39.5 Å². The number of halogens is 2. The Labute approximate surface area is 226 Å². The largest absolute Gasteiger partial charge is 0.326 e. The molecule has 1 aliphatic rings. The van der Waals surface area contributed by atoms with Crippen molar-refractivity contribution in [1.82, 2.24) is 14.7 Å². The Kier molecular flexibility index (Phi) is 7.86. The summed E-state index contributed by atoms with van der Waals surface area (Å²) in [5, 5.41) is 8.92. The number of nitrogens with one attached hydrogen (secondary N) is 1. The number of aromatic nitrogens is 2. The number of carbonyl (C=O) groups excluding carboxylic acids is 1. The SMILES string of the molecule is CC(=O)Nc1cccc(C2CCN(CCCn3nc(-c4ccc(Cl)cc4F)c4ccccc4c3=O)CC2)c1. The molecule has 0 aliphatic carbocycles. The van der Waals surface area contributed by atoms with Gasteiger partial charge in [-0.2, -0.15) is 5.10 Å².